The summed E-state index contributed by atoms with van der Waals surface area (Å²) in [6.07, 6.45) is -4.36. The van der Waals surface area contributed by atoms with Crippen LogP contribution >= 0.6 is 0 Å². The minimum absolute atomic E-state index is 0.471. The van der Waals surface area contributed by atoms with Gasteiger partial charge in [0.1, 0.15) is 0 Å². The molecule has 25 heavy (non-hydrogen) atoms. The van der Waals surface area contributed by atoms with Crippen molar-refractivity contribution in [1.29, 1.82) is 0 Å². The summed E-state index contributed by atoms with van der Waals surface area (Å²) in [5.41, 5.74) is 2.81. The SMILES string of the molecule is Cc1ccc(CNc2cc(C(F)(F)F)ccc2N2CCOCC2)cc1. The molecule has 0 unspecified atom stereocenters. The number of ether oxygens (including phenoxy) is 1. The van der Waals surface area contributed by atoms with Crippen molar-refractivity contribution in [2.45, 2.75) is 19.6 Å². The number of nitrogens with zero attached hydrogens (tertiary/aromatic N) is 1. The Balaban J connectivity index is 1.85. The molecule has 3 nitrogen and oxygen atoms in total. The van der Waals surface area contributed by atoms with E-state index in [0.717, 1.165) is 22.9 Å². The zero-order valence-corrected chi connectivity index (χ0v) is 14.1. The molecule has 6 heteroatoms. The van der Waals surface area contributed by atoms with Crippen molar-refractivity contribution in [3.63, 3.8) is 0 Å². The average Bonchev–Trinajstić information content (AvgIpc) is 2.61. The van der Waals surface area contributed by atoms with Crippen LogP contribution in [0.25, 0.3) is 0 Å². The number of rotatable bonds is 4. The van der Waals surface area contributed by atoms with Gasteiger partial charge in [-0.15, -0.1) is 0 Å². The summed E-state index contributed by atoms with van der Waals surface area (Å²) in [7, 11) is 0. The number of hydrogen-bond donors (Lipinski definition) is 1. The first-order chi connectivity index (χ1) is 11.9. The molecule has 0 aromatic heterocycles. The third-order valence-corrected chi connectivity index (χ3v) is 4.28. The molecule has 1 heterocycles. The van der Waals surface area contributed by atoms with Gasteiger partial charge in [0, 0.05) is 19.6 Å². The molecule has 1 fully saturated rings. The number of benzene rings is 2. The summed E-state index contributed by atoms with van der Waals surface area (Å²) >= 11 is 0. The second-order valence-electron chi connectivity index (χ2n) is 6.17. The van der Waals surface area contributed by atoms with Gasteiger partial charge >= 0.3 is 6.18 Å². The molecule has 0 spiro atoms. The second kappa shape index (κ2) is 7.35. The fourth-order valence-electron chi connectivity index (χ4n) is 2.84. The van der Waals surface area contributed by atoms with E-state index in [-0.39, 0.29) is 0 Å². The lowest BCUT2D eigenvalue weighted by atomic mass is 10.1. The Morgan fingerprint density at radius 3 is 2.36 bits per heavy atom. The third kappa shape index (κ3) is 4.45. The fourth-order valence-corrected chi connectivity index (χ4v) is 2.84. The van der Waals surface area contributed by atoms with Crippen molar-refractivity contribution in [3.05, 3.63) is 59.2 Å². The molecule has 0 bridgehead atoms. The maximum absolute atomic E-state index is 13.1. The molecule has 1 aliphatic heterocycles. The van der Waals surface area contributed by atoms with Crippen LogP contribution in [0.5, 0.6) is 0 Å². The number of nitrogens with one attached hydrogen (secondary N) is 1. The van der Waals surface area contributed by atoms with Crippen LogP contribution in [0, 0.1) is 6.92 Å². The number of anilines is 2. The Morgan fingerprint density at radius 2 is 1.72 bits per heavy atom. The van der Waals surface area contributed by atoms with Gasteiger partial charge < -0.3 is 15.0 Å². The summed E-state index contributed by atoms with van der Waals surface area (Å²) in [4.78, 5) is 2.06. The standard InChI is InChI=1S/C19H21F3N2O/c1-14-2-4-15(5-3-14)13-23-17-12-16(19(20,21)22)6-7-18(17)24-8-10-25-11-9-24/h2-7,12,23H,8-11,13H2,1H3. The van der Waals surface area contributed by atoms with Gasteiger partial charge in [0.2, 0.25) is 0 Å². The van der Waals surface area contributed by atoms with Gasteiger partial charge in [-0.1, -0.05) is 29.8 Å². The van der Waals surface area contributed by atoms with Crippen LogP contribution < -0.4 is 10.2 Å². The van der Waals surface area contributed by atoms with Crippen molar-refractivity contribution in [2.75, 3.05) is 36.5 Å². The number of morpholine rings is 1. The van der Waals surface area contributed by atoms with Crippen molar-refractivity contribution in [3.8, 4) is 0 Å². The van der Waals surface area contributed by atoms with Crippen molar-refractivity contribution in [1.82, 2.24) is 0 Å². The topological polar surface area (TPSA) is 24.5 Å². The van der Waals surface area contributed by atoms with Gasteiger partial charge in [0.25, 0.3) is 0 Å². The molecular formula is C19H21F3N2O. The van der Waals surface area contributed by atoms with Gasteiger partial charge in [-0.3, -0.25) is 0 Å². The quantitative estimate of drug-likeness (QED) is 0.881. The van der Waals surface area contributed by atoms with Gasteiger partial charge in [-0.05, 0) is 30.7 Å². The van der Waals surface area contributed by atoms with E-state index in [1.54, 1.807) is 6.07 Å². The van der Waals surface area contributed by atoms with Crippen molar-refractivity contribution < 1.29 is 17.9 Å². The molecule has 2 aromatic rings. The summed E-state index contributed by atoms with van der Waals surface area (Å²) in [5.74, 6) is 0. The molecule has 1 aliphatic rings. The van der Waals surface area contributed by atoms with Gasteiger partial charge in [0.15, 0.2) is 0 Å². The van der Waals surface area contributed by atoms with Crippen LogP contribution in [0.4, 0.5) is 24.5 Å². The zero-order valence-electron chi connectivity index (χ0n) is 14.1. The lowest BCUT2D eigenvalue weighted by molar-refractivity contribution is -0.137. The maximum Gasteiger partial charge on any atom is 0.416 e. The highest BCUT2D eigenvalue weighted by Crippen LogP contribution is 2.36. The molecule has 0 radical (unpaired) electrons. The van der Waals surface area contributed by atoms with Crippen LogP contribution in [0.15, 0.2) is 42.5 Å². The molecule has 2 aromatic carbocycles. The highest BCUT2D eigenvalue weighted by molar-refractivity contribution is 5.71. The number of hydrogen-bond acceptors (Lipinski definition) is 3. The van der Waals surface area contributed by atoms with E-state index < -0.39 is 11.7 Å². The normalized spacial score (nSPS) is 15.3. The molecule has 0 atom stereocenters. The van der Waals surface area contributed by atoms with E-state index in [9.17, 15) is 13.2 Å². The van der Waals surface area contributed by atoms with Gasteiger partial charge in [-0.2, -0.15) is 13.2 Å². The van der Waals surface area contributed by atoms with E-state index >= 15 is 0 Å². The van der Waals surface area contributed by atoms with Crippen LogP contribution in [0.2, 0.25) is 0 Å². The maximum atomic E-state index is 13.1. The Hall–Kier alpha value is -2.21. The lowest BCUT2D eigenvalue weighted by Gasteiger charge is -2.31. The lowest BCUT2D eigenvalue weighted by Crippen LogP contribution is -2.36. The van der Waals surface area contributed by atoms with E-state index in [1.807, 2.05) is 31.2 Å². The molecule has 0 amide bonds. The largest absolute Gasteiger partial charge is 0.416 e. The van der Waals surface area contributed by atoms with Crippen LogP contribution in [-0.4, -0.2) is 26.3 Å². The highest BCUT2D eigenvalue weighted by Gasteiger charge is 2.31. The van der Waals surface area contributed by atoms with Gasteiger partial charge in [0.05, 0.1) is 30.2 Å². The van der Waals surface area contributed by atoms with Crippen molar-refractivity contribution >= 4 is 11.4 Å². The summed E-state index contributed by atoms with van der Waals surface area (Å²) in [6.45, 7) is 4.98. The monoisotopic (exact) mass is 350 g/mol. The smallest absolute Gasteiger partial charge is 0.379 e. The predicted octanol–water partition coefficient (Wildman–Crippen LogP) is 4.46. The predicted molar refractivity (Wildman–Crippen MR) is 93.0 cm³/mol. The first kappa shape index (κ1) is 17.6. The van der Waals surface area contributed by atoms with Crippen LogP contribution in [-0.2, 0) is 17.5 Å². The van der Waals surface area contributed by atoms with E-state index in [0.29, 0.717) is 38.5 Å². The Labute approximate surface area is 145 Å². The Morgan fingerprint density at radius 1 is 1.04 bits per heavy atom. The molecule has 134 valence electrons. The number of halogens is 3. The molecule has 0 aliphatic carbocycles. The second-order valence-corrected chi connectivity index (χ2v) is 6.17. The van der Waals surface area contributed by atoms with Crippen LogP contribution in [0.1, 0.15) is 16.7 Å². The highest BCUT2D eigenvalue weighted by atomic mass is 19.4. The minimum atomic E-state index is -4.36. The first-order valence-corrected chi connectivity index (χ1v) is 8.27. The van der Waals surface area contributed by atoms with Crippen molar-refractivity contribution in [2.24, 2.45) is 0 Å². The summed E-state index contributed by atoms with van der Waals surface area (Å²) in [6, 6.07) is 11.8. The summed E-state index contributed by atoms with van der Waals surface area (Å²) < 4.78 is 44.6. The Kier molecular flexibility index (Phi) is 5.18. The zero-order chi connectivity index (χ0) is 17.9. The molecule has 1 N–H and O–H groups in total. The number of aryl methyl sites for hydroxylation is 1. The fraction of sp³-hybridized carbons (Fsp3) is 0.368. The third-order valence-electron chi connectivity index (χ3n) is 4.28. The first-order valence-electron chi connectivity index (χ1n) is 8.27. The number of alkyl halides is 3. The van der Waals surface area contributed by atoms with E-state index in [1.165, 1.54) is 6.07 Å². The minimum Gasteiger partial charge on any atom is -0.379 e. The summed E-state index contributed by atoms with van der Waals surface area (Å²) in [5, 5.41) is 3.18. The van der Waals surface area contributed by atoms with E-state index in [4.69, 9.17) is 4.74 Å². The molecule has 0 saturated carbocycles. The van der Waals surface area contributed by atoms with Crippen LogP contribution in [0.3, 0.4) is 0 Å². The molecule has 3 rings (SSSR count). The molecule has 1 saturated heterocycles. The van der Waals surface area contributed by atoms with E-state index in [2.05, 4.69) is 10.2 Å². The Bertz CT molecular complexity index is 708. The molecular weight excluding hydrogens is 329 g/mol. The van der Waals surface area contributed by atoms with Gasteiger partial charge in [-0.25, -0.2) is 0 Å². The average molecular weight is 350 g/mol.